The van der Waals surface area contributed by atoms with Crippen LogP contribution in [0.3, 0.4) is 0 Å². The molecule has 5 rings (SSSR count). The summed E-state index contributed by atoms with van der Waals surface area (Å²) in [5.74, 6) is 1.34. The Kier molecular flexibility index (Phi) is 5.83. The minimum atomic E-state index is -4.45. The number of methoxy groups -OCH3 is 1. The number of pyridine rings is 1. The van der Waals surface area contributed by atoms with Crippen LogP contribution < -0.4 is 10.2 Å². The van der Waals surface area contributed by atoms with Gasteiger partial charge in [-0.3, -0.25) is 9.67 Å². The van der Waals surface area contributed by atoms with Gasteiger partial charge in [0.05, 0.1) is 36.9 Å². The van der Waals surface area contributed by atoms with Gasteiger partial charge in [-0.25, -0.2) is 4.98 Å². The van der Waals surface area contributed by atoms with Gasteiger partial charge in [0.15, 0.2) is 5.82 Å². The SMILES string of the molecule is COC[C@H]1[C@@H](C)n2ccc3nc(NCc4cnn(Cc5ccc(C(F)(F)F)nc5)c4)nc(c32)N1C. The third kappa shape index (κ3) is 4.41. The third-order valence-corrected chi connectivity index (χ3v) is 6.31. The molecule has 1 N–H and O–H groups in total. The summed E-state index contributed by atoms with van der Waals surface area (Å²) >= 11 is 0. The number of rotatable bonds is 7. The Bertz CT molecular complexity index is 1330. The Morgan fingerprint density at radius 1 is 1.11 bits per heavy atom. The van der Waals surface area contributed by atoms with Gasteiger partial charge < -0.3 is 19.5 Å². The van der Waals surface area contributed by atoms with E-state index in [9.17, 15) is 13.2 Å². The normalized spacial score (nSPS) is 17.8. The van der Waals surface area contributed by atoms with E-state index in [-0.39, 0.29) is 12.1 Å². The van der Waals surface area contributed by atoms with Crippen LogP contribution in [-0.2, 0) is 24.0 Å². The van der Waals surface area contributed by atoms with Crippen LogP contribution in [0.5, 0.6) is 0 Å². The van der Waals surface area contributed by atoms with Crippen LogP contribution in [0.25, 0.3) is 11.0 Å². The van der Waals surface area contributed by atoms with E-state index in [1.807, 2.05) is 25.5 Å². The molecule has 12 heteroatoms. The number of halogens is 3. The zero-order chi connectivity index (χ0) is 24.7. The van der Waals surface area contributed by atoms with Crippen molar-refractivity contribution in [3.05, 3.63) is 59.8 Å². The molecule has 0 spiro atoms. The maximum absolute atomic E-state index is 12.7. The van der Waals surface area contributed by atoms with E-state index >= 15 is 0 Å². The van der Waals surface area contributed by atoms with Gasteiger partial charge in [-0.1, -0.05) is 6.07 Å². The largest absolute Gasteiger partial charge is 0.433 e. The number of hydrogen-bond donors (Lipinski definition) is 1. The average molecular weight is 487 g/mol. The number of hydrogen-bond acceptors (Lipinski definition) is 7. The molecule has 0 saturated carbocycles. The van der Waals surface area contributed by atoms with Gasteiger partial charge in [0.2, 0.25) is 5.95 Å². The predicted molar refractivity (Wildman–Crippen MR) is 124 cm³/mol. The highest BCUT2D eigenvalue weighted by atomic mass is 19.4. The Morgan fingerprint density at radius 2 is 1.94 bits per heavy atom. The van der Waals surface area contributed by atoms with E-state index in [0.29, 0.717) is 31.2 Å². The second kappa shape index (κ2) is 8.84. The van der Waals surface area contributed by atoms with Crippen molar-refractivity contribution < 1.29 is 17.9 Å². The lowest BCUT2D eigenvalue weighted by Crippen LogP contribution is -2.44. The summed E-state index contributed by atoms with van der Waals surface area (Å²) in [6.45, 7) is 3.50. The first kappa shape index (κ1) is 23.1. The molecule has 5 heterocycles. The van der Waals surface area contributed by atoms with Crippen molar-refractivity contribution in [3.63, 3.8) is 0 Å². The fourth-order valence-corrected chi connectivity index (χ4v) is 4.44. The van der Waals surface area contributed by atoms with E-state index in [2.05, 4.69) is 36.8 Å². The van der Waals surface area contributed by atoms with Crippen molar-refractivity contribution in [2.24, 2.45) is 0 Å². The fourth-order valence-electron chi connectivity index (χ4n) is 4.44. The third-order valence-electron chi connectivity index (χ3n) is 6.31. The molecule has 0 amide bonds. The Balaban J connectivity index is 1.29. The summed E-state index contributed by atoms with van der Waals surface area (Å²) in [5.41, 5.74) is 2.46. The van der Waals surface area contributed by atoms with Crippen molar-refractivity contribution in [1.82, 2.24) is 29.3 Å². The molecule has 1 aliphatic rings. The Morgan fingerprint density at radius 3 is 2.66 bits per heavy atom. The molecule has 0 bridgehead atoms. The van der Waals surface area contributed by atoms with Gasteiger partial charge >= 0.3 is 6.18 Å². The Labute approximate surface area is 199 Å². The van der Waals surface area contributed by atoms with Crippen LogP contribution in [0.4, 0.5) is 24.9 Å². The van der Waals surface area contributed by atoms with Gasteiger partial charge in [0, 0.05) is 44.9 Å². The minimum absolute atomic E-state index is 0.142. The second-order valence-electron chi connectivity index (χ2n) is 8.65. The van der Waals surface area contributed by atoms with Gasteiger partial charge in [0.25, 0.3) is 0 Å². The van der Waals surface area contributed by atoms with Gasteiger partial charge in [0.1, 0.15) is 11.2 Å². The second-order valence-corrected chi connectivity index (χ2v) is 8.65. The summed E-state index contributed by atoms with van der Waals surface area (Å²) < 4.78 is 47.4. The van der Waals surface area contributed by atoms with E-state index in [4.69, 9.17) is 9.72 Å². The van der Waals surface area contributed by atoms with Gasteiger partial charge in [-0.05, 0) is 24.6 Å². The van der Waals surface area contributed by atoms with Gasteiger partial charge in [-0.15, -0.1) is 0 Å². The summed E-state index contributed by atoms with van der Waals surface area (Å²) in [6, 6.07) is 4.73. The number of alkyl halides is 3. The molecule has 0 fully saturated rings. The summed E-state index contributed by atoms with van der Waals surface area (Å²) in [5, 5.41) is 7.56. The number of nitrogens with one attached hydrogen (secondary N) is 1. The molecule has 2 atom stereocenters. The molecule has 9 nitrogen and oxygen atoms in total. The molecule has 0 aromatic carbocycles. The first-order valence-corrected chi connectivity index (χ1v) is 11.1. The van der Waals surface area contributed by atoms with Crippen LogP contribution >= 0.6 is 0 Å². The maximum Gasteiger partial charge on any atom is 0.433 e. The first-order chi connectivity index (χ1) is 16.7. The molecule has 1 aliphatic heterocycles. The molecule has 35 heavy (non-hydrogen) atoms. The monoisotopic (exact) mass is 486 g/mol. The van der Waals surface area contributed by atoms with Crippen LogP contribution in [0, 0.1) is 0 Å². The summed E-state index contributed by atoms with van der Waals surface area (Å²) in [4.78, 5) is 15.1. The van der Waals surface area contributed by atoms with Crippen LogP contribution in [0.2, 0.25) is 0 Å². The number of likely N-dealkylation sites (N-methyl/N-ethyl adjacent to an activating group) is 1. The van der Waals surface area contributed by atoms with Crippen LogP contribution in [-0.4, -0.2) is 56.1 Å². The molecule has 4 aromatic heterocycles. The standard InChI is InChI=1S/C23H25F3N8O/c1-14-18(13-35-3)32(2)21-20-17(6-7-34(14)20)30-22(31-21)28-9-16-10-29-33(12-16)11-15-4-5-19(27-8-15)23(24,25)26/h4-8,10,12,14,18H,9,11,13H2,1-3H3,(H,28,30,31)/t14-,18+/m1/s1. The zero-order valence-corrected chi connectivity index (χ0v) is 19.5. The van der Waals surface area contributed by atoms with Crippen molar-refractivity contribution in [2.75, 3.05) is 31.0 Å². The van der Waals surface area contributed by atoms with E-state index in [1.165, 1.54) is 12.3 Å². The lowest BCUT2D eigenvalue weighted by molar-refractivity contribution is -0.141. The maximum atomic E-state index is 12.7. The number of ether oxygens (including phenoxy) is 1. The van der Waals surface area contributed by atoms with Crippen LogP contribution in [0.1, 0.15) is 29.8 Å². The van der Waals surface area contributed by atoms with Crippen molar-refractivity contribution in [2.45, 2.75) is 38.3 Å². The molecule has 0 unspecified atom stereocenters. The first-order valence-electron chi connectivity index (χ1n) is 11.1. The minimum Gasteiger partial charge on any atom is -0.382 e. The molecule has 4 aromatic rings. The molecule has 184 valence electrons. The lowest BCUT2D eigenvalue weighted by atomic mass is 10.1. The van der Waals surface area contributed by atoms with E-state index in [1.54, 1.807) is 18.0 Å². The number of nitrogens with zero attached hydrogens (tertiary/aromatic N) is 7. The number of anilines is 2. The molecular formula is C23H25F3N8O. The van der Waals surface area contributed by atoms with Crippen molar-refractivity contribution in [1.29, 1.82) is 0 Å². The zero-order valence-electron chi connectivity index (χ0n) is 19.5. The van der Waals surface area contributed by atoms with E-state index < -0.39 is 11.9 Å². The van der Waals surface area contributed by atoms with Crippen molar-refractivity contribution in [3.8, 4) is 0 Å². The van der Waals surface area contributed by atoms with E-state index in [0.717, 1.165) is 28.5 Å². The summed E-state index contributed by atoms with van der Waals surface area (Å²) in [7, 11) is 3.71. The van der Waals surface area contributed by atoms with Gasteiger partial charge in [-0.2, -0.15) is 23.3 Å². The highest BCUT2D eigenvalue weighted by Crippen LogP contribution is 2.36. The topological polar surface area (TPSA) is 85.9 Å². The highest BCUT2D eigenvalue weighted by Gasteiger charge is 2.33. The average Bonchev–Trinajstić information content (AvgIpc) is 3.46. The quantitative estimate of drug-likeness (QED) is 0.426. The summed E-state index contributed by atoms with van der Waals surface area (Å²) in [6.07, 6.45) is 2.33. The number of aromatic nitrogens is 6. The van der Waals surface area contributed by atoms with Crippen LogP contribution in [0.15, 0.2) is 43.0 Å². The fraction of sp³-hybridized carbons (Fsp3) is 0.391. The highest BCUT2D eigenvalue weighted by molar-refractivity contribution is 5.89. The molecule has 0 saturated heterocycles. The molecule has 0 radical (unpaired) electrons. The molecule has 0 aliphatic carbocycles. The Hall–Kier alpha value is -3.67. The smallest absolute Gasteiger partial charge is 0.382 e. The predicted octanol–water partition coefficient (Wildman–Crippen LogP) is 3.73. The van der Waals surface area contributed by atoms with Crippen molar-refractivity contribution >= 4 is 22.8 Å². The molecular weight excluding hydrogens is 461 g/mol. The lowest BCUT2D eigenvalue weighted by Gasteiger charge is -2.38.